The molecule has 0 rings (SSSR count). The van der Waals surface area contributed by atoms with Gasteiger partial charge in [-0.2, -0.15) is 0 Å². The number of nitrogens with zero attached hydrogens (tertiary/aromatic N) is 1. The van der Waals surface area contributed by atoms with E-state index in [0.29, 0.717) is 0 Å². The predicted molar refractivity (Wildman–Crippen MR) is 46.8 cm³/mol. The van der Waals surface area contributed by atoms with Gasteiger partial charge in [0.05, 0.1) is 13.1 Å². The summed E-state index contributed by atoms with van der Waals surface area (Å²) in [5.74, 6) is -0.171. The molecule has 0 spiro atoms. The molecule has 0 saturated carbocycles. The van der Waals surface area contributed by atoms with Gasteiger partial charge in [-0.3, -0.25) is 4.79 Å². The fourth-order valence-corrected chi connectivity index (χ4v) is 0.701. The lowest BCUT2D eigenvalue weighted by Gasteiger charge is -2.21. The third kappa shape index (κ3) is 5.52. The van der Waals surface area contributed by atoms with E-state index >= 15 is 0 Å². The first-order valence-corrected chi connectivity index (χ1v) is 4.19. The Hall–Kier alpha value is -0.710. The predicted octanol–water partition coefficient (Wildman–Crippen LogP) is 0.708. The number of alkyl halides is 2. The summed E-state index contributed by atoms with van der Waals surface area (Å²) in [5.41, 5.74) is 0. The zero-order valence-electron chi connectivity index (χ0n) is 8.18. The second kappa shape index (κ2) is 5.85. The molecule has 0 aliphatic rings. The Balaban J connectivity index is 3.62. The van der Waals surface area contributed by atoms with Crippen molar-refractivity contribution in [2.75, 3.05) is 20.1 Å². The first-order valence-electron chi connectivity index (χ1n) is 4.19. The monoisotopic (exact) mass is 194 g/mol. The van der Waals surface area contributed by atoms with E-state index in [2.05, 4.69) is 5.32 Å². The molecule has 0 atom stereocenters. The average Bonchev–Trinajstić information content (AvgIpc) is 2.02. The molecule has 78 valence electrons. The van der Waals surface area contributed by atoms with Crippen LogP contribution in [0.3, 0.4) is 0 Å². The molecule has 0 aliphatic carbocycles. The van der Waals surface area contributed by atoms with Gasteiger partial charge < -0.3 is 10.2 Å². The van der Waals surface area contributed by atoms with Gasteiger partial charge >= 0.3 is 0 Å². The summed E-state index contributed by atoms with van der Waals surface area (Å²) in [5, 5.41) is 2.38. The zero-order chi connectivity index (χ0) is 10.4. The van der Waals surface area contributed by atoms with Crippen LogP contribution in [0, 0.1) is 0 Å². The molecule has 1 amide bonds. The van der Waals surface area contributed by atoms with E-state index in [1.165, 1.54) is 4.90 Å². The highest BCUT2D eigenvalue weighted by atomic mass is 19.3. The van der Waals surface area contributed by atoms with Crippen molar-refractivity contribution in [1.29, 1.82) is 0 Å². The van der Waals surface area contributed by atoms with E-state index in [-0.39, 0.29) is 18.5 Å². The molecule has 0 heterocycles. The third-order valence-electron chi connectivity index (χ3n) is 1.74. The number of hydrogen-bond donors (Lipinski definition) is 1. The van der Waals surface area contributed by atoms with Gasteiger partial charge in [0.25, 0.3) is 6.43 Å². The molecule has 0 aromatic rings. The summed E-state index contributed by atoms with van der Waals surface area (Å²) in [6.07, 6.45) is -2.41. The van der Waals surface area contributed by atoms with Gasteiger partial charge in [0.15, 0.2) is 0 Å². The first-order chi connectivity index (χ1) is 5.95. The molecule has 13 heavy (non-hydrogen) atoms. The van der Waals surface area contributed by atoms with Crippen LogP contribution in [0.15, 0.2) is 0 Å². The molecule has 0 aromatic heterocycles. The van der Waals surface area contributed by atoms with Crippen LogP contribution in [-0.4, -0.2) is 43.4 Å². The highest BCUT2D eigenvalue weighted by molar-refractivity contribution is 5.78. The van der Waals surface area contributed by atoms with Crippen LogP contribution in [-0.2, 0) is 4.79 Å². The molecular formula is C8H16F2N2O. The second-order valence-electron chi connectivity index (χ2n) is 3.12. The Morgan fingerprint density at radius 2 is 2.00 bits per heavy atom. The minimum Gasteiger partial charge on any atom is -0.342 e. The van der Waals surface area contributed by atoms with Crippen LogP contribution >= 0.6 is 0 Å². The molecule has 0 saturated heterocycles. The van der Waals surface area contributed by atoms with Crippen molar-refractivity contribution in [3.8, 4) is 0 Å². The Morgan fingerprint density at radius 3 is 2.38 bits per heavy atom. The van der Waals surface area contributed by atoms with Crippen molar-refractivity contribution in [3.63, 3.8) is 0 Å². The van der Waals surface area contributed by atoms with Crippen molar-refractivity contribution >= 4 is 5.91 Å². The molecule has 3 nitrogen and oxygen atoms in total. The number of hydrogen-bond acceptors (Lipinski definition) is 2. The van der Waals surface area contributed by atoms with Crippen LogP contribution in [0.25, 0.3) is 0 Å². The molecule has 0 radical (unpaired) electrons. The Morgan fingerprint density at radius 1 is 1.46 bits per heavy atom. The number of amides is 1. The van der Waals surface area contributed by atoms with Gasteiger partial charge in [0.1, 0.15) is 0 Å². The van der Waals surface area contributed by atoms with Crippen LogP contribution in [0.1, 0.15) is 13.8 Å². The maximum absolute atomic E-state index is 11.7. The maximum Gasteiger partial charge on any atom is 0.250 e. The highest BCUT2D eigenvalue weighted by Crippen LogP contribution is 1.93. The number of carbonyl (C=O) groups excluding carboxylic acids is 1. The van der Waals surface area contributed by atoms with Gasteiger partial charge in [0, 0.05) is 13.1 Å². The number of nitrogens with one attached hydrogen (secondary N) is 1. The van der Waals surface area contributed by atoms with Crippen molar-refractivity contribution in [2.24, 2.45) is 0 Å². The van der Waals surface area contributed by atoms with Crippen LogP contribution in [0.2, 0.25) is 0 Å². The lowest BCUT2D eigenvalue weighted by molar-refractivity contribution is -0.130. The topological polar surface area (TPSA) is 32.3 Å². The fourth-order valence-electron chi connectivity index (χ4n) is 0.701. The zero-order valence-corrected chi connectivity index (χ0v) is 8.18. The van der Waals surface area contributed by atoms with Crippen LogP contribution in [0.4, 0.5) is 8.78 Å². The molecular weight excluding hydrogens is 178 g/mol. The minimum absolute atomic E-state index is 0.0288. The highest BCUT2D eigenvalue weighted by Gasteiger charge is 2.11. The maximum atomic E-state index is 11.7. The smallest absolute Gasteiger partial charge is 0.250 e. The van der Waals surface area contributed by atoms with Gasteiger partial charge in [-0.05, 0) is 13.8 Å². The van der Waals surface area contributed by atoms with E-state index in [9.17, 15) is 13.6 Å². The quantitative estimate of drug-likeness (QED) is 0.699. The van der Waals surface area contributed by atoms with Crippen molar-refractivity contribution < 1.29 is 13.6 Å². The largest absolute Gasteiger partial charge is 0.342 e. The lowest BCUT2D eigenvalue weighted by atomic mass is 10.3. The van der Waals surface area contributed by atoms with E-state index in [1.54, 1.807) is 7.05 Å². The van der Waals surface area contributed by atoms with Gasteiger partial charge in [-0.1, -0.05) is 0 Å². The molecule has 1 N–H and O–H groups in total. The third-order valence-corrected chi connectivity index (χ3v) is 1.74. The van der Waals surface area contributed by atoms with E-state index in [4.69, 9.17) is 0 Å². The van der Waals surface area contributed by atoms with Crippen molar-refractivity contribution in [1.82, 2.24) is 10.2 Å². The fraction of sp³-hybridized carbons (Fsp3) is 0.875. The molecule has 0 aromatic carbocycles. The van der Waals surface area contributed by atoms with Crippen LogP contribution < -0.4 is 5.32 Å². The van der Waals surface area contributed by atoms with Crippen molar-refractivity contribution in [2.45, 2.75) is 26.3 Å². The Bertz CT molecular complexity index is 162. The summed E-state index contributed by atoms with van der Waals surface area (Å²) in [7, 11) is 1.65. The first kappa shape index (κ1) is 12.3. The van der Waals surface area contributed by atoms with Gasteiger partial charge in [-0.25, -0.2) is 8.78 Å². The normalized spacial score (nSPS) is 11.0. The Labute approximate surface area is 77.1 Å². The summed E-state index contributed by atoms with van der Waals surface area (Å²) >= 11 is 0. The van der Waals surface area contributed by atoms with E-state index in [0.717, 1.165) is 0 Å². The number of carbonyl (C=O) groups is 1. The van der Waals surface area contributed by atoms with Crippen molar-refractivity contribution in [3.05, 3.63) is 0 Å². The second-order valence-corrected chi connectivity index (χ2v) is 3.12. The summed E-state index contributed by atoms with van der Waals surface area (Å²) in [4.78, 5) is 12.7. The number of halogens is 2. The van der Waals surface area contributed by atoms with E-state index in [1.807, 2.05) is 13.8 Å². The molecule has 0 unspecified atom stereocenters. The summed E-state index contributed by atoms with van der Waals surface area (Å²) in [6, 6.07) is 0.0980. The van der Waals surface area contributed by atoms with E-state index < -0.39 is 13.0 Å². The molecule has 5 heteroatoms. The van der Waals surface area contributed by atoms with Gasteiger partial charge in [0.2, 0.25) is 5.91 Å². The number of likely N-dealkylation sites (N-methyl/N-ethyl adjacent to an activating group) is 1. The summed E-state index contributed by atoms with van der Waals surface area (Å²) < 4.78 is 23.3. The van der Waals surface area contributed by atoms with Gasteiger partial charge in [-0.15, -0.1) is 0 Å². The SMILES string of the molecule is CC(C)N(C)C(=O)CNCC(F)F. The van der Waals surface area contributed by atoms with Crippen LogP contribution in [0.5, 0.6) is 0 Å². The number of rotatable bonds is 5. The molecule has 0 aliphatic heterocycles. The standard InChI is InChI=1S/C8H16F2N2O/c1-6(2)12(3)8(13)5-11-4-7(9)10/h6-7,11H,4-5H2,1-3H3. The minimum atomic E-state index is -2.41. The molecule has 0 bridgehead atoms. The Kier molecular flexibility index (Phi) is 5.53. The summed E-state index contributed by atoms with van der Waals surface area (Å²) in [6.45, 7) is 3.27. The average molecular weight is 194 g/mol. The molecule has 0 fully saturated rings. The lowest BCUT2D eigenvalue weighted by Crippen LogP contribution is -2.40.